The van der Waals surface area contributed by atoms with Crippen molar-refractivity contribution in [2.45, 2.75) is 6.92 Å². The lowest BCUT2D eigenvalue weighted by Crippen LogP contribution is -2.13. The Kier molecular flexibility index (Phi) is 4.49. The fraction of sp³-hybridized carbons (Fsp3) is 0.0455. The summed E-state index contributed by atoms with van der Waals surface area (Å²) in [6, 6.07) is 21.1. The molecule has 0 aliphatic heterocycles. The van der Waals surface area contributed by atoms with E-state index in [0.717, 1.165) is 33.5 Å². The molecule has 2 heterocycles. The predicted molar refractivity (Wildman–Crippen MR) is 108 cm³/mol. The van der Waals surface area contributed by atoms with Crippen molar-refractivity contribution in [2.75, 3.05) is 10.6 Å². The smallest absolute Gasteiger partial charge is 0.274 e. The summed E-state index contributed by atoms with van der Waals surface area (Å²) in [4.78, 5) is 21.2. The van der Waals surface area contributed by atoms with Crippen molar-refractivity contribution in [1.29, 1.82) is 0 Å². The van der Waals surface area contributed by atoms with Gasteiger partial charge in [0, 0.05) is 29.2 Å². The Bertz CT molecular complexity index is 1120. The van der Waals surface area contributed by atoms with E-state index in [9.17, 15) is 4.79 Å². The molecule has 0 saturated heterocycles. The molecule has 132 valence electrons. The number of hydrogen-bond donors (Lipinski definition) is 2. The number of aryl methyl sites for hydroxylation is 1. The van der Waals surface area contributed by atoms with Crippen LogP contribution in [0.5, 0.6) is 0 Å². The van der Waals surface area contributed by atoms with Crippen LogP contribution in [0.3, 0.4) is 0 Å². The first-order valence-electron chi connectivity index (χ1n) is 8.64. The zero-order valence-electron chi connectivity index (χ0n) is 14.8. The third-order valence-electron chi connectivity index (χ3n) is 4.18. The number of carbonyl (C=O) groups is 1. The molecule has 2 aromatic heterocycles. The van der Waals surface area contributed by atoms with Crippen molar-refractivity contribution in [2.24, 2.45) is 0 Å². The number of pyridine rings is 2. The van der Waals surface area contributed by atoms with Crippen molar-refractivity contribution in [3.8, 4) is 0 Å². The molecule has 5 heteroatoms. The summed E-state index contributed by atoms with van der Waals surface area (Å²) < 4.78 is 0. The summed E-state index contributed by atoms with van der Waals surface area (Å²) in [5.41, 5.74) is 4.71. The van der Waals surface area contributed by atoms with Gasteiger partial charge in [0.05, 0.1) is 11.2 Å². The van der Waals surface area contributed by atoms with Crippen molar-refractivity contribution < 1.29 is 4.79 Å². The summed E-state index contributed by atoms with van der Waals surface area (Å²) in [5.74, 6) is -0.250. The first-order valence-corrected chi connectivity index (χ1v) is 8.64. The second-order valence-electron chi connectivity index (χ2n) is 6.26. The molecule has 0 unspecified atom stereocenters. The van der Waals surface area contributed by atoms with Crippen LogP contribution >= 0.6 is 0 Å². The fourth-order valence-corrected chi connectivity index (χ4v) is 2.91. The van der Waals surface area contributed by atoms with Crippen LogP contribution in [0.1, 0.15) is 16.1 Å². The van der Waals surface area contributed by atoms with E-state index in [1.165, 1.54) is 0 Å². The van der Waals surface area contributed by atoms with Gasteiger partial charge in [-0.2, -0.15) is 0 Å². The summed E-state index contributed by atoms with van der Waals surface area (Å²) in [6.07, 6.45) is 3.38. The van der Waals surface area contributed by atoms with Crippen molar-refractivity contribution in [3.05, 3.63) is 90.4 Å². The Morgan fingerprint density at radius 3 is 2.59 bits per heavy atom. The molecular formula is C22H18N4O. The number of aromatic nitrogens is 2. The SMILES string of the molecule is Cc1cccc(NC(=O)c2cc(Nc3cccc4cccnc34)ccn2)c1. The Hall–Kier alpha value is -3.73. The quantitative estimate of drug-likeness (QED) is 0.545. The van der Waals surface area contributed by atoms with E-state index in [1.807, 2.05) is 67.6 Å². The second-order valence-corrected chi connectivity index (χ2v) is 6.26. The van der Waals surface area contributed by atoms with Gasteiger partial charge in [-0.25, -0.2) is 0 Å². The number of nitrogens with one attached hydrogen (secondary N) is 2. The lowest BCUT2D eigenvalue weighted by Gasteiger charge is -2.10. The highest BCUT2D eigenvalue weighted by atomic mass is 16.1. The minimum absolute atomic E-state index is 0.250. The first-order chi connectivity index (χ1) is 13.2. The number of fused-ring (bicyclic) bond motifs is 1. The third kappa shape index (κ3) is 3.77. The van der Waals surface area contributed by atoms with E-state index in [-0.39, 0.29) is 5.91 Å². The van der Waals surface area contributed by atoms with E-state index in [2.05, 4.69) is 20.6 Å². The molecule has 0 radical (unpaired) electrons. The van der Waals surface area contributed by atoms with Gasteiger partial charge in [0.15, 0.2) is 0 Å². The van der Waals surface area contributed by atoms with E-state index in [0.29, 0.717) is 5.69 Å². The highest BCUT2D eigenvalue weighted by molar-refractivity contribution is 6.03. The normalized spacial score (nSPS) is 10.6. The van der Waals surface area contributed by atoms with Gasteiger partial charge in [-0.3, -0.25) is 14.8 Å². The van der Waals surface area contributed by atoms with Gasteiger partial charge in [0.25, 0.3) is 5.91 Å². The molecule has 2 aromatic carbocycles. The van der Waals surface area contributed by atoms with Gasteiger partial charge in [0.2, 0.25) is 0 Å². The van der Waals surface area contributed by atoms with Crippen LogP contribution in [0.2, 0.25) is 0 Å². The molecule has 27 heavy (non-hydrogen) atoms. The van der Waals surface area contributed by atoms with Crippen LogP contribution in [0, 0.1) is 6.92 Å². The number of benzene rings is 2. The number of nitrogens with zero attached hydrogens (tertiary/aromatic N) is 2. The average Bonchev–Trinajstić information content (AvgIpc) is 2.68. The minimum Gasteiger partial charge on any atom is -0.354 e. The number of amides is 1. The highest BCUT2D eigenvalue weighted by Crippen LogP contribution is 2.24. The zero-order chi connectivity index (χ0) is 18.6. The maximum atomic E-state index is 12.5. The molecule has 5 nitrogen and oxygen atoms in total. The maximum Gasteiger partial charge on any atom is 0.274 e. The van der Waals surface area contributed by atoms with Gasteiger partial charge < -0.3 is 10.6 Å². The standard InChI is InChI=1S/C22H18N4O/c1-15-5-2-8-17(13-15)26-22(27)20-14-18(10-12-23-20)25-19-9-3-6-16-7-4-11-24-21(16)19/h2-14H,1H3,(H,23,25)(H,26,27). The average molecular weight is 354 g/mol. The van der Waals surface area contributed by atoms with Crippen LogP contribution < -0.4 is 10.6 Å². The molecule has 0 spiro atoms. The predicted octanol–water partition coefficient (Wildman–Crippen LogP) is 4.93. The Morgan fingerprint density at radius 1 is 0.852 bits per heavy atom. The molecule has 0 aliphatic rings. The molecule has 2 N–H and O–H groups in total. The van der Waals surface area contributed by atoms with E-state index < -0.39 is 0 Å². The topological polar surface area (TPSA) is 66.9 Å². The van der Waals surface area contributed by atoms with Crippen molar-refractivity contribution >= 4 is 33.9 Å². The van der Waals surface area contributed by atoms with Crippen molar-refractivity contribution in [1.82, 2.24) is 9.97 Å². The third-order valence-corrected chi connectivity index (χ3v) is 4.18. The number of hydrogen-bond acceptors (Lipinski definition) is 4. The molecule has 0 saturated carbocycles. The van der Waals surface area contributed by atoms with Crippen LogP contribution in [0.15, 0.2) is 79.1 Å². The van der Waals surface area contributed by atoms with Gasteiger partial charge in [0.1, 0.15) is 5.69 Å². The Labute approximate surface area is 157 Å². The summed E-state index contributed by atoms with van der Waals surface area (Å²) >= 11 is 0. The molecule has 4 aromatic rings. The number of anilines is 3. The van der Waals surface area contributed by atoms with E-state index in [1.54, 1.807) is 18.5 Å². The molecule has 0 bridgehead atoms. The summed E-state index contributed by atoms with van der Waals surface area (Å²) in [5, 5.41) is 7.26. The lowest BCUT2D eigenvalue weighted by atomic mass is 10.2. The van der Waals surface area contributed by atoms with Crippen LogP contribution in [0.25, 0.3) is 10.9 Å². The largest absolute Gasteiger partial charge is 0.354 e. The monoisotopic (exact) mass is 354 g/mol. The van der Waals surface area contributed by atoms with Crippen LogP contribution in [0.4, 0.5) is 17.1 Å². The molecule has 0 fully saturated rings. The molecule has 0 atom stereocenters. The molecular weight excluding hydrogens is 336 g/mol. The van der Waals surface area contributed by atoms with Gasteiger partial charge >= 0.3 is 0 Å². The molecule has 1 amide bonds. The summed E-state index contributed by atoms with van der Waals surface area (Å²) in [7, 11) is 0. The second kappa shape index (κ2) is 7.25. The van der Waals surface area contributed by atoms with Gasteiger partial charge in [-0.05, 0) is 48.9 Å². The highest BCUT2D eigenvalue weighted by Gasteiger charge is 2.10. The van der Waals surface area contributed by atoms with Crippen molar-refractivity contribution in [3.63, 3.8) is 0 Å². The van der Waals surface area contributed by atoms with Crippen LogP contribution in [-0.2, 0) is 0 Å². The minimum atomic E-state index is -0.250. The summed E-state index contributed by atoms with van der Waals surface area (Å²) in [6.45, 7) is 1.98. The lowest BCUT2D eigenvalue weighted by molar-refractivity contribution is 0.102. The number of para-hydroxylation sites is 1. The van der Waals surface area contributed by atoms with Crippen LogP contribution in [-0.4, -0.2) is 15.9 Å². The molecule has 0 aliphatic carbocycles. The zero-order valence-corrected chi connectivity index (χ0v) is 14.8. The first kappa shape index (κ1) is 16.7. The fourth-order valence-electron chi connectivity index (χ4n) is 2.91. The van der Waals surface area contributed by atoms with Gasteiger partial charge in [-0.1, -0.05) is 30.3 Å². The van der Waals surface area contributed by atoms with E-state index >= 15 is 0 Å². The Morgan fingerprint density at radius 2 is 1.70 bits per heavy atom. The molecule has 4 rings (SSSR count). The maximum absolute atomic E-state index is 12.5. The number of rotatable bonds is 4. The van der Waals surface area contributed by atoms with Gasteiger partial charge in [-0.15, -0.1) is 0 Å². The Balaban J connectivity index is 1.58. The number of carbonyl (C=O) groups excluding carboxylic acids is 1. The van der Waals surface area contributed by atoms with E-state index in [4.69, 9.17) is 0 Å².